The van der Waals surface area contributed by atoms with Crippen molar-refractivity contribution in [1.29, 1.82) is 0 Å². The summed E-state index contributed by atoms with van der Waals surface area (Å²) in [5.41, 5.74) is -0.484. The Morgan fingerprint density at radius 1 is 1.30 bits per heavy atom. The molecule has 3 nitrogen and oxygen atoms in total. The lowest BCUT2D eigenvalue weighted by Crippen LogP contribution is -2.37. The van der Waals surface area contributed by atoms with Crippen LogP contribution in [0.25, 0.3) is 0 Å². The largest absolute Gasteiger partial charge is 0.412 e. The highest BCUT2D eigenvalue weighted by Gasteiger charge is 2.35. The smallest absolute Gasteiger partial charge is 0.334 e. The Balaban J connectivity index is 2.14. The van der Waals surface area contributed by atoms with Gasteiger partial charge >= 0.3 is 6.18 Å². The van der Waals surface area contributed by atoms with E-state index in [0.717, 1.165) is 6.08 Å². The minimum atomic E-state index is -4.34. The zero-order chi connectivity index (χ0) is 14.9. The number of hydrogen-bond donors (Lipinski definition) is 0. The van der Waals surface area contributed by atoms with Crippen molar-refractivity contribution in [3.8, 4) is 0 Å². The molecule has 0 bridgehead atoms. The summed E-state index contributed by atoms with van der Waals surface area (Å²) >= 11 is 11.4. The van der Waals surface area contributed by atoms with E-state index in [0.29, 0.717) is 0 Å². The second-order valence-electron chi connectivity index (χ2n) is 4.20. The van der Waals surface area contributed by atoms with Crippen LogP contribution in [0.4, 0.5) is 13.2 Å². The predicted octanol–water partition coefficient (Wildman–Crippen LogP) is 3.72. The fourth-order valence-corrected chi connectivity index (χ4v) is 2.28. The average molecular weight is 325 g/mol. The predicted molar refractivity (Wildman–Crippen MR) is 68.9 cm³/mol. The third-order valence-electron chi connectivity index (χ3n) is 2.91. The normalized spacial score (nSPS) is 16.1. The van der Waals surface area contributed by atoms with Gasteiger partial charge in [0.15, 0.2) is 0 Å². The number of pyridine rings is 1. The number of carbonyl (C=O) groups excluding carboxylic acids is 1. The van der Waals surface area contributed by atoms with Gasteiger partial charge in [0.1, 0.15) is 10.3 Å². The van der Waals surface area contributed by atoms with Crippen molar-refractivity contribution in [3.05, 3.63) is 39.7 Å². The van der Waals surface area contributed by atoms with Crippen molar-refractivity contribution in [2.75, 3.05) is 13.1 Å². The third kappa shape index (κ3) is 3.24. The van der Waals surface area contributed by atoms with Gasteiger partial charge in [-0.15, -0.1) is 0 Å². The Hall–Kier alpha value is -1.27. The molecule has 108 valence electrons. The SMILES string of the molecule is O=C(c1ccc(Cl)nc1Cl)N1CC=C(C(F)(F)F)CC1. The van der Waals surface area contributed by atoms with E-state index in [-0.39, 0.29) is 35.4 Å². The Bertz CT molecular complexity index is 572. The first-order valence-electron chi connectivity index (χ1n) is 5.66. The highest BCUT2D eigenvalue weighted by Crippen LogP contribution is 2.30. The van der Waals surface area contributed by atoms with Crippen molar-refractivity contribution in [3.63, 3.8) is 0 Å². The lowest BCUT2D eigenvalue weighted by molar-refractivity contribution is -0.0957. The Kier molecular flexibility index (Phi) is 4.25. The van der Waals surface area contributed by atoms with Gasteiger partial charge in [-0.05, 0) is 18.6 Å². The molecule has 1 aromatic rings. The molecule has 0 fully saturated rings. The molecule has 1 aliphatic heterocycles. The van der Waals surface area contributed by atoms with Crippen LogP contribution in [0, 0.1) is 0 Å². The van der Waals surface area contributed by atoms with E-state index in [4.69, 9.17) is 23.2 Å². The first kappa shape index (κ1) is 15.1. The first-order chi connectivity index (χ1) is 9.29. The fraction of sp³-hybridized carbons (Fsp3) is 0.333. The van der Waals surface area contributed by atoms with Crippen molar-refractivity contribution in [2.45, 2.75) is 12.6 Å². The molecule has 0 aliphatic carbocycles. The quantitative estimate of drug-likeness (QED) is 0.582. The third-order valence-corrected chi connectivity index (χ3v) is 3.40. The Labute approximate surface area is 123 Å². The van der Waals surface area contributed by atoms with E-state index in [2.05, 4.69) is 4.98 Å². The average Bonchev–Trinajstić information content (AvgIpc) is 2.37. The number of nitrogens with zero attached hydrogens (tertiary/aromatic N) is 2. The van der Waals surface area contributed by atoms with E-state index in [1.807, 2.05) is 0 Å². The van der Waals surface area contributed by atoms with Gasteiger partial charge in [-0.1, -0.05) is 29.3 Å². The number of hydrogen-bond acceptors (Lipinski definition) is 2. The number of amides is 1. The standard InChI is InChI=1S/C12H9Cl2F3N2O/c13-9-2-1-8(10(14)18-9)11(20)19-5-3-7(4-6-19)12(15,16)17/h1-3H,4-6H2. The van der Waals surface area contributed by atoms with Gasteiger partial charge in [-0.2, -0.15) is 13.2 Å². The number of carbonyl (C=O) groups is 1. The van der Waals surface area contributed by atoms with Crippen LogP contribution in [0.5, 0.6) is 0 Å². The van der Waals surface area contributed by atoms with Crippen LogP contribution in [0.15, 0.2) is 23.8 Å². The van der Waals surface area contributed by atoms with E-state index in [9.17, 15) is 18.0 Å². The second kappa shape index (κ2) is 5.61. The number of alkyl halides is 3. The summed E-state index contributed by atoms with van der Waals surface area (Å²) in [6.45, 7) is -0.115. The molecule has 2 rings (SSSR count). The maximum atomic E-state index is 12.5. The molecule has 0 aromatic carbocycles. The lowest BCUT2D eigenvalue weighted by atomic mass is 10.1. The summed E-state index contributed by atoms with van der Waals surface area (Å²) in [5.74, 6) is -0.461. The van der Waals surface area contributed by atoms with Crippen molar-refractivity contribution in [1.82, 2.24) is 9.88 Å². The van der Waals surface area contributed by atoms with Crippen LogP contribution in [-0.4, -0.2) is 35.1 Å². The van der Waals surface area contributed by atoms with Gasteiger partial charge in [0.05, 0.1) is 5.56 Å². The topological polar surface area (TPSA) is 33.2 Å². The van der Waals surface area contributed by atoms with Crippen molar-refractivity contribution in [2.24, 2.45) is 0 Å². The molecule has 0 atom stereocenters. The lowest BCUT2D eigenvalue weighted by Gasteiger charge is -2.27. The molecule has 1 aromatic heterocycles. The molecule has 0 spiro atoms. The summed E-state index contributed by atoms with van der Waals surface area (Å²) < 4.78 is 37.5. The molecule has 0 N–H and O–H groups in total. The zero-order valence-electron chi connectivity index (χ0n) is 10.0. The highest BCUT2D eigenvalue weighted by atomic mass is 35.5. The van der Waals surface area contributed by atoms with E-state index >= 15 is 0 Å². The summed E-state index contributed by atoms with van der Waals surface area (Å²) in [4.78, 5) is 17.2. The molecule has 0 saturated heterocycles. The molecule has 2 heterocycles. The van der Waals surface area contributed by atoms with Crippen molar-refractivity contribution >= 4 is 29.1 Å². The molecular formula is C12H9Cl2F3N2O. The van der Waals surface area contributed by atoms with Gasteiger partial charge in [0.25, 0.3) is 5.91 Å². The van der Waals surface area contributed by atoms with E-state index in [1.165, 1.54) is 17.0 Å². The number of halogens is 5. The molecule has 1 aliphatic rings. The minimum Gasteiger partial charge on any atom is -0.334 e. The summed E-state index contributed by atoms with van der Waals surface area (Å²) in [6.07, 6.45) is -3.55. The second-order valence-corrected chi connectivity index (χ2v) is 4.95. The Morgan fingerprint density at radius 3 is 2.50 bits per heavy atom. The molecule has 20 heavy (non-hydrogen) atoms. The number of rotatable bonds is 1. The Morgan fingerprint density at radius 2 is 2.00 bits per heavy atom. The van der Waals surface area contributed by atoms with Gasteiger partial charge < -0.3 is 4.90 Å². The highest BCUT2D eigenvalue weighted by molar-refractivity contribution is 6.34. The van der Waals surface area contributed by atoms with Crippen LogP contribution < -0.4 is 0 Å². The van der Waals surface area contributed by atoms with Gasteiger partial charge in [-0.25, -0.2) is 4.98 Å². The first-order valence-corrected chi connectivity index (χ1v) is 6.42. The van der Waals surface area contributed by atoms with Gasteiger partial charge in [-0.3, -0.25) is 4.79 Å². The summed E-state index contributed by atoms with van der Waals surface area (Å²) in [7, 11) is 0. The van der Waals surface area contributed by atoms with Crippen LogP contribution in [0.3, 0.4) is 0 Å². The van der Waals surface area contributed by atoms with Crippen LogP contribution in [0.2, 0.25) is 10.3 Å². The molecule has 8 heteroatoms. The summed E-state index contributed by atoms with van der Waals surface area (Å²) in [5, 5.41) is 0.0811. The fourth-order valence-electron chi connectivity index (χ4n) is 1.85. The maximum absolute atomic E-state index is 12.5. The van der Waals surface area contributed by atoms with E-state index in [1.54, 1.807) is 0 Å². The van der Waals surface area contributed by atoms with E-state index < -0.39 is 17.7 Å². The zero-order valence-corrected chi connectivity index (χ0v) is 11.6. The molecule has 0 radical (unpaired) electrons. The monoisotopic (exact) mass is 324 g/mol. The molecule has 1 amide bonds. The van der Waals surface area contributed by atoms with Gasteiger partial charge in [0, 0.05) is 18.7 Å². The number of aromatic nitrogens is 1. The molecule has 0 saturated carbocycles. The van der Waals surface area contributed by atoms with Crippen LogP contribution in [0.1, 0.15) is 16.8 Å². The van der Waals surface area contributed by atoms with Crippen LogP contribution in [-0.2, 0) is 0 Å². The van der Waals surface area contributed by atoms with Crippen molar-refractivity contribution < 1.29 is 18.0 Å². The van der Waals surface area contributed by atoms with Gasteiger partial charge in [0.2, 0.25) is 0 Å². The molecule has 0 unspecified atom stereocenters. The van der Waals surface area contributed by atoms with Crippen LogP contribution >= 0.6 is 23.2 Å². The minimum absolute atomic E-state index is 0.0108. The maximum Gasteiger partial charge on any atom is 0.412 e. The molecular weight excluding hydrogens is 316 g/mol. The summed E-state index contributed by atoms with van der Waals surface area (Å²) in [6, 6.07) is 2.81.